The van der Waals surface area contributed by atoms with Crippen molar-refractivity contribution in [2.75, 3.05) is 0 Å². The van der Waals surface area contributed by atoms with Gasteiger partial charge in [0.2, 0.25) is 0 Å². The van der Waals surface area contributed by atoms with Crippen LogP contribution < -0.4 is 0 Å². The molecule has 0 amide bonds. The third kappa shape index (κ3) is 10.7. The van der Waals surface area contributed by atoms with Gasteiger partial charge in [-0.15, -0.1) is 0 Å². The van der Waals surface area contributed by atoms with Crippen LogP contribution in [0.3, 0.4) is 0 Å². The molecule has 9 nitrogen and oxygen atoms in total. The fourth-order valence-electron chi connectivity index (χ4n) is 1.13. The maximum atomic E-state index is 10.7. The lowest BCUT2D eigenvalue weighted by molar-refractivity contribution is -0.0517. The molecule has 13 heteroatoms. The Bertz CT molecular complexity index is 721. The van der Waals surface area contributed by atoms with Gasteiger partial charge in [-0.1, -0.05) is 48.5 Å². The summed E-state index contributed by atoms with van der Waals surface area (Å²) in [5, 5.41) is 2.62. The third-order valence-electron chi connectivity index (χ3n) is 1.94. The quantitative estimate of drug-likeness (QED) is 0.219. The molecular formula is C11H8F3N6O3S-3. The normalized spacial score (nSPS) is 9.50. The van der Waals surface area contributed by atoms with E-state index in [0.717, 1.165) is 0 Å². The smallest absolute Gasteiger partial charge is 0.485 e. The maximum absolute atomic E-state index is 10.7. The topological polar surface area (TPSA) is 175 Å². The highest BCUT2D eigenvalue weighted by atomic mass is 32.2. The van der Waals surface area contributed by atoms with Crippen molar-refractivity contribution >= 4 is 20.9 Å². The molecule has 0 bridgehead atoms. The van der Waals surface area contributed by atoms with Crippen LogP contribution in [0.2, 0.25) is 0 Å². The minimum Gasteiger partial charge on any atom is -0.741 e. The minimum absolute atomic E-state index is 1.31. The largest absolute Gasteiger partial charge is 0.741 e. The average molecular weight is 361 g/mol. The Morgan fingerprint density at radius 2 is 0.958 bits per heavy atom. The van der Waals surface area contributed by atoms with E-state index in [4.69, 9.17) is 35.1 Å². The Morgan fingerprint density at radius 1 is 0.792 bits per heavy atom. The van der Waals surface area contributed by atoms with Gasteiger partial charge in [0.1, 0.15) is 0 Å². The van der Waals surface area contributed by atoms with E-state index in [0.29, 0.717) is 0 Å². The molecule has 0 N–H and O–H groups in total. The Hall–Kier alpha value is -2.98. The first kappa shape index (κ1) is 23.3. The standard InChI is InChI=1S/C10H8.CHF3O3S.2N3/c1-2-6-10-8-4-3-7-9(10)5-1;2-1(3,4)8(5,6)7;2*1-3-2/h1-8H;(H,5,6,7);;/q;;2*-1/p-1. The first-order chi connectivity index (χ1) is 11.0. The number of hydrogen-bond acceptors (Lipinski definition) is 3. The summed E-state index contributed by atoms with van der Waals surface area (Å²) in [5.41, 5.74) is 21.4. The van der Waals surface area contributed by atoms with Crippen molar-refractivity contribution in [3.8, 4) is 0 Å². The fourth-order valence-corrected chi connectivity index (χ4v) is 1.13. The fraction of sp³-hybridized carbons (Fsp3) is 0.0909. The molecule has 2 rings (SSSR count). The molecule has 0 aliphatic rings. The van der Waals surface area contributed by atoms with Gasteiger partial charge in [-0.2, -0.15) is 13.2 Å². The number of fused-ring (bicyclic) bond motifs is 1. The molecule has 0 aromatic heterocycles. The predicted octanol–water partition coefficient (Wildman–Crippen LogP) is 4.62. The zero-order valence-corrected chi connectivity index (χ0v) is 12.4. The number of halogens is 3. The van der Waals surface area contributed by atoms with Crippen molar-refractivity contribution in [3.63, 3.8) is 0 Å². The van der Waals surface area contributed by atoms with Crippen LogP contribution in [0.4, 0.5) is 13.2 Å². The first-order valence-electron chi connectivity index (χ1n) is 5.48. The molecule has 0 aliphatic heterocycles. The Labute approximate surface area is 133 Å². The molecule has 2 aromatic rings. The summed E-state index contributed by atoms with van der Waals surface area (Å²) in [4.78, 5) is 3.00. The van der Waals surface area contributed by atoms with Gasteiger partial charge in [-0.3, -0.25) is 9.82 Å². The number of alkyl halides is 3. The highest BCUT2D eigenvalue weighted by Crippen LogP contribution is 2.20. The van der Waals surface area contributed by atoms with Crippen LogP contribution in [0.15, 0.2) is 48.5 Å². The van der Waals surface area contributed by atoms with Crippen molar-refractivity contribution < 1.29 is 26.1 Å². The average Bonchev–Trinajstić information content (AvgIpc) is 2.48. The second-order valence-corrected chi connectivity index (χ2v) is 4.80. The van der Waals surface area contributed by atoms with E-state index in [1.54, 1.807) is 0 Å². The van der Waals surface area contributed by atoms with Crippen LogP contribution in [0, 0.1) is 0 Å². The van der Waals surface area contributed by atoms with Gasteiger partial charge >= 0.3 is 5.51 Å². The number of benzene rings is 2. The number of hydrogen-bond donors (Lipinski definition) is 0. The molecule has 0 heterocycles. The van der Waals surface area contributed by atoms with Gasteiger partial charge < -0.3 is 26.7 Å². The molecule has 0 saturated heterocycles. The van der Waals surface area contributed by atoms with Gasteiger partial charge in [0, 0.05) is 0 Å². The molecule has 0 radical (unpaired) electrons. The lowest BCUT2D eigenvalue weighted by Crippen LogP contribution is -2.21. The monoisotopic (exact) mass is 361 g/mol. The molecule has 2 aromatic carbocycles. The van der Waals surface area contributed by atoms with Gasteiger partial charge in [0.25, 0.3) is 0 Å². The summed E-state index contributed by atoms with van der Waals surface area (Å²) in [6.45, 7) is 0. The first-order valence-corrected chi connectivity index (χ1v) is 6.88. The summed E-state index contributed by atoms with van der Waals surface area (Å²) >= 11 is 0. The lowest BCUT2D eigenvalue weighted by atomic mass is 10.1. The number of rotatable bonds is 0. The third-order valence-corrected chi connectivity index (χ3v) is 2.51. The van der Waals surface area contributed by atoms with Crippen LogP contribution >= 0.6 is 0 Å². The van der Waals surface area contributed by atoms with Crippen molar-refractivity contribution in [2.45, 2.75) is 5.51 Å². The molecule has 0 saturated carbocycles. The zero-order valence-electron chi connectivity index (χ0n) is 11.6. The summed E-state index contributed by atoms with van der Waals surface area (Å²) in [6, 6.07) is 16.7. The molecule has 0 fully saturated rings. The summed E-state index contributed by atoms with van der Waals surface area (Å²) < 4.78 is 58.9. The SMILES string of the molecule is O=S(=O)([O-])C(F)(F)F.[N-]=[N+]=[N-].[N-]=[N+]=[N-].c1ccc2ccccc2c1. The highest BCUT2D eigenvalue weighted by molar-refractivity contribution is 7.86. The second kappa shape index (κ2) is 11.6. The molecule has 0 atom stereocenters. The van der Waals surface area contributed by atoms with Crippen LogP contribution in [-0.2, 0) is 10.1 Å². The van der Waals surface area contributed by atoms with E-state index >= 15 is 0 Å². The van der Waals surface area contributed by atoms with Gasteiger partial charge in [-0.25, -0.2) is 8.42 Å². The highest BCUT2D eigenvalue weighted by Gasteiger charge is 2.36. The molecule has 0 aliphatic carbocycles. The lowest BCUT2D eigenvalue weighted by Gasteiger charge is -2.08. The number of nitrogens with zero attached hydrogens (tertiary/aromatic N) is 6. The van der Waals surface area contributed by atoms with E-state index < -0.39 is 15.6 Å². The minimum atomic E-state index is -6.09. The summed E-state index contributed by atoms with van der Waals surface area (Å²) in [7, 11) is -6.09. The van der Waals surface area contributed by atoms with Crippen LogP contribution in [0.5, 0.6) is 0 Å². The molecule has 130 valence electrons. The van der Waals surface area contributed by atoms with Crippen molar-refractivity contribution in [2.24, 2.45) is 0 Å². The van der Waals surface area contributed by atoms with Crippen molar-refractivity contribution in [1.29, 1.82) is 0 Å². The van der Waals surface area contributed by atoms with Gasteiger partial charge in [0.05, 0.1) is 0 Å². The van der Waals surface area contributed by atoms with E-state index in [9.17, 15) is 13.2 Å². The van der Waals surface area contributed by atoms with Crippen molar-refractivity contribution in [3.05, 3.63) is 80.5 Å². The second-order valence-electron chi connectivity index (χ2n) is 3.43. The van der Waals surface area contributed by atoms with Crippen LogP contribution in [0.1, 0.15) is 0 Å². The Morgan fingerprint density at radius 3 is 1.08 bits per heavy atom. The zero-order chi connectivity index (χ0) is 19.2. The maximum Gasteiger partial charge on any atom is 0.485 e. The van der Waals surface area contributed by atoms with E-state index in [1.165, 1.54) is 20.6 Å². The summed E-state index contributed by atoms with van der Waals surface area (Å²) in [5.74, 6) is 0. The van der Waals surface area contributed by atoms with Gasteiger partial charge in [-0.05, 0) is 10.8 Å². The van der Waals surface area contributed by atoms with E-state index in [2.05, 4.69) is 48.5 Å². The Kier molecular flexibility index (Phi) is 11.2. The van der Waals surface area contributed by atoms with Crippen LogP contribution in [-0.4, -0.2) is 18.5 Å². The van der Waals surface area contributed by atoms with Gasteiger partial charge in [0.15, 0.2) is 10.1 Å². The molecule has 24 heavy (non-hydrogen) atoms. The van der Waals surface area contributed by atoms with Crippen LogP contribution in [0.25, 0.3) is 42.7 Å². The molecular weight excluding hydrogens is 353 g/mol. The van der Waals surface area contributed by atoms with E-state index in [1.807, 2.05) is 0 Å². The van der Waals surface area contributed by atoms with E-state index in [-0.39, 0.29) is 0 Å². The summed E-state index contributed by atoms with van der Waals surface area (Å²) in [6.07, 6.45) is 0. The van der Waals surface area contributed by atoms with Crippen molar-refractivity contribution in [1.82, 2.24) is 0 Å². The molecule has 0 spiro atoms. The molecule has 0 unspecified atom stereocenters. The Balaban J connectivity index is 0. The predicted molar refractivity (Wildman–Crippen MR) is 79.9 cm³/mol.